The quantitative estimate of drug-likeness (QED) is 0.918. The zero-order chi connectivity index (χ0) is 13.9. The van der Waals surface area contributed by atoms with Crippen LogP contribution in [0.1, 0.15) is 32.2 Å². The van der Waals surface area contributed by atoms with E-state index in [-0.39, 0.29) is 12.0 Å². The topological polar surface area (TPSA) is 46.0 Å². The van der Waals surface area contributed by atoms with Gasteiger partial charge >= 0.3 is 0 Å². The van der Waals surface area contributed by atoms with E-state index in [4.69, 9.17) is 5.11 Å². The predicted molar refractivity (Wildman–Crippen MR) is 77.0 cm³/mol. The molecule has 1 N–H and O–H groups in total. The van der Waals surface area contributed by atoms with Gasteiger partial charge in [0, 0.05) is 23.8 Å². The summed E-state index contributed by atoms with van der Waals surface area (Å²) in [4.78, 5) is 9.02. The monoisotopic (exact) mass is 256 g/mol. The molecule has 0 fully saturated rings. The van der Waals surface area contributed by atoms with Crippen molar-refractivity contribution in [2.24, 2.45) is 0 Å². The van der Waals surface area contributed by atoms with E-state index in [2.05, 4.69) is 30.7 Å². The minimum absolute atomic E-state index is 0.0675. The van der Waals surface area contributed by atoms with Crippen molar-refractivity contribution < 1.29 is 5.11 Å². The van der Waals surface area contributed by atoms with Crippen LogP contribution in [0, 0.1) is 0 Å². The first-order valence-electron chi connectivity index (χ1n) is 6.55. The Hall–Kier alpha value is -1.74. The van der Waals surface area contributed by atoms with Crippen LogP contribution in [0.2, 0.25) is 0 Å². The molecule has 0 aliphatic heterocycles. The van der Waals surface area contributed by atoms with Crippen LogP contribution in [0.3, 0.4) is 0 Å². The molecule has 1 heterocycles. The Morgan fingerprint density at radius 3 is 2.53 bits per heavy atom. The highest BCUT2D eigenvalue weighted by Gasteiger charge is 2.18. The highest BCUT2D eigenvalue weighted by Crippen LogP contribution is 2.25. The third-order valence-electron chi connectivity index (χ3n) is 3.00. The molecule has 0 aliphatic carbocycles. The lowest BCUT2D eigenvalue weighted by Gasteiger charge is -2.17. The fraction of sp³-hybridized carbons (Fsp3) is 0.375. The number of hydrogen-bond acceptors (Lipinski definition) is 3. The van der Waals surface area contributed by atoms with Crippen molar-refractivity contribution in [2.75, 3.05) is 6.61 Å². The van der Waals surface area contributed by atoms with E-state index in [1.165, 1.54) is 0 Å². The van der Waals surface area contributed by atoms with Gasteiger partial charge in [0.2, 0.25) is 0 Å². The van der Waals surface area contributed by atoms with Crippen molar-refractivity contribution in [3.8, 4) is 11.3 Å². The Bertz CT molecular complexity index is 559. The van der Waals surface area contributed by atoms with Crippen molar-refractivity contribution in [3.05, 3.63) is 47.9 Å². The van der Waals surface area contributed by atoms with E-state index in [0.717, 1.165) is 22.6 Å². The molecule has 19 heavy (non-hydrogen) atoms. The maximum atomic E-state index is 9.14. The molecule has 2 aromatic rings. The number of rotatable bonds is 3. The van der Waals surface area contributed by atoms with Crippen LogP contribution in [0.5, 0.6) is 0 Å². The zero-order valence-electron chi connectivity index (χ0n) is 11.7. The summed E-state index contributed by atoms with van der Waals surface area (Å²) in [5.74, 6) is 0.837. The average molecular weight is 256 g/mol. The molecule has 0 bridgehead atoms. The van der Waals surface area contributed by atoms with Gasteiger partial charge in [-0.05, 0) is 18.1 Å². The van der Waals surface area contributed by atoms with Gasteiger partial charge < -0.3 is 5.11 Å². The molecule has 0 radical (unpaired) electrons. The summed E-state index contributed by atoms with van der Waals surface area (Å²) in [7, 11) is 0. The largest absolute Gasteiger partial charge is 0.396 e. The molecule has 2 rings (SSSR count). The molecule has 0 aliphatic rings. The van der Waals surface area contributed by atoms with Gasteiger partial charge in [-0.3, -0.25) is 0 Å². The second-order valence-corrected chi connectivity index (χ2v) is 5.65. The van der Waals surface area contributed by atoms with Crippen LogP contribution in [0.15, 0.2) is 36.5 Å². The van der Waals surface area contributed by atoms with E-state index in [1.54, 1.807) is 6.20 Å². The van der Waals surface area contributed by atoms with Gasteiger partial charge in [-0.1, -0.05) is 45.0 Å². The number of aliphatic hydroxyl groups excluding tert-OH is 1. The van der Waals surface area contributed by atoms with Gasteiger partial charge in [0.1, 0.15) is 5.82 Å². The van der Waals surface area contributed by atoms with E-state index in [1.807, 2.05) is 30.3 Å². The first kappa shape index (κ1) is 13.7. The molecule has 0 atom stereocenters. The summed E-state index contributed by atoms with van der Waals surface area (Å²) in [5, 5.41) is 9.14. The van der Waals surface area contributed by atoms with E-state index < -0.39 is 0 Å². The minimum atomic E-state index is -0.0675. The lowest BCUT2D eigenvalue weighted by Crippen LogP contribution is -2.16. The number of hydrogen-bond donors (Lipinski definition) is 1. The molecule has 3 nitrogen and oxygen atoms in total. The molecule has 1 aromatic carbocycles. The minimum Gasteiger partial charge on any atom is -0.396 e. The summed E-state index contributed by atoms with van der Waals surface area (Å²) in [6.07, 6.45) is 2.45. The summed E-state index contributed by atoms with van der Waals surface area (Å²) in [6.45, 7) is 6.46. The predicted octanol–water partition coefficient (Wildman–Crippen LogP) is 2.98. The first-order chi connectivity index (χ1) is 9.02. The summed E-state index contributed by atoms with van der Waals surface area (Å²) < 4.78 is 0. The molecule has 0 amide bonds. The molecule has 0 unspecified atom stereocenters. The summed E-state index contributed by atoms with van der Waals surface area (Å²) in [6, 6.07) is 9.98. The SMILES string of the molecule is CC(C)(C)c1nccc(-c2ccccc2CCO)n1. The van der Waals surface area contributed by atoms with Crippen LogP contribution in [-0.2, 0) is 11.8 Å². The number of aliphatic hydroxyl groups is 1. The second-order valence-electron chi connectivity index (χ2n) is 5.65. The molecule has 100 valence electrons. The third kappa shape index (κ3) is 3.18. The summed E-state index contributed by atoms with van der Waals surface area (Å²) in [5.41, 5.74) is 3.04. The first-order valence-corrected chi connectivity index (χ1v) is 6.55. The van der Waals surface area contributed by atoms with Crippen LogP contribution in [0.4, 0.5) is 0 Å². The van der Waals surface area contributed by atoms with Crippen molar-refractivity contribution >= 4 is 0 Å². The van der Waals surface area contributed by atoms with E-state index in [0.29, 0.717) is 6.42 Å². The van der Waals surface area contributed by atoms with Gasteiger partial charge in [0.25, 0.3) is 0 Å². The van der Waals surface area contributed by atoms with Gasteiger partial charge in [0.15, 0.2) is 0 Å². The van der Waals surface area contributed by atoms with Crippen molar-refractivity contribution in [2.45, 2.75) is 32.6 Å². The lowest BCUT2D eigenvalue weighted by atomic mass is 9.95. The maximum Gasteiger partial charge on any atom is 0.134 e. The van der Waals surface area contributed by atoms with E-state index >= 15 is 0 Å². The Morgan fingerprint density at radius 2 is 1.84 bits per heavy atom. The number of nitrogens with zero attached hydrogens (tertiary/aromatic N) is 2. The average Bonchev–Trinajstić information content (AvgIpc) is 2.39. The Kier molecular flexibility index (Phi) is 3.96. The lowest BCUT2D eigenvalue weighted by molar-refractivity contribution is 0.300. The highest BCUT2D eigenvalue weighted by molar-refractivity contribution is 5.63. The van der Waals surface area contributed by atoms with Gasteiger partial charge in [0.05, 0.1) is 5.69 Å². The van der Waals surface area contributed by atoms with Gasteiger partial charge in [-0.15, -0.1) is 0 Å². The fourth-order valence-electron chi connectivity index (χ4n) is 1.98. The molecule has 3 heteroatoms. The number of benzene rings is 1. The fourth-order valence-corrected chi connectivity index (χ4v) is 1.98. The van der Waals surface area contributed by atoms with Gasteiger partial charge in [-0.2, -0.15) is 0 Å². The van der Waals surface area contributed by atoms with Crippen LogP contribution < -0.4 is 0 Å². The van der Waals surface area contributed by atoms with Crippen LogP contribution in [-0.4, -0.2) is 21.7 Å². The van der Waals surface area contributed by atoms with Crippen LogP contribution in [0.25, 0.3) is 11.3 Å². The van der Waals surface area contributed by atoms with Crippen LogP contribution >= 0.6 is 0 Å². The molecule has 0 saturated carbocycles. The normalized spacial score (nSPS) is 11.6. The highest BCUT2D eigenvalue weighted by atomic mass is 16.2. The molecule has 1 aromatic heterocycles. The zero-order valence-corrected chi connectivity index (χ0v) is 11.7. The van der Waals surface area contributed by atoms with E-state index in [9.17, 15) is 0 Å². The molecule has 0 saturated heterocycles. The molecular weight excluding hydrogens is 236 g/mol. The molecule has 0 spiro atoms. The van der Waals surface area contributed by atoms with Crippen molar-refractivity contribution in [1.29, 1.82) is 0 Å². The van der Waals surface area contributed by atoms with Gasteiger partial charge in [-0.25, -0.2) is 9.97 Å². The Labute approximate surface area is 114 Å². The second kappa shape index (κ2) is 5.49. The Morgan fingerprint density at radius 1 is 1.11 bits per heavy atom. The Balaban J connectivity index is 2.48. The summed E-state index contributed by atoms with van der Waals surface area (Å²) >= 11 is 0. The smallest absolute Gasteiger partial charge is 0.134 e. The van der Waals surface area contributed by atoms with Crippen molar-refractivity contribution in [1.82, 2.24) is 9.97 Å². The number of aromatic nitrogens is 2. The van der Waals surface area contributed by atoms with Crippen molar-refractivity contribution in [3.63, 3.8) is 0 Å². The maximum absolute atomic E-state index is 9.14. The standard InChI is InChI=1S/C16H20N2O/c1-16(2,3)15-17-10-8-14(18-15)13-7-5-4-6-12(13)9-11-19/h4-8,10,19H,9,11H2,1-3H3. The third-order valence-corrected chi connectivity index (χ3v) is 3.00. The molecular formula is C16H20N2O.